The minimum atomic E-state index is -0.336. The largest absolute Gasteiger partial charge is 0.464 e. The van der Waals surface area contributed by atoms with Gasteiger partial charge < -0.3 is 9.64 Å². The molecule has 5 heteroatoms. The topological polar surface area (TPSA) is 42.4 Å². The van der Waals surface area contributed by atoms with Crippen molar-refractivity contribution in [3.05, 3.63) is 16.1 Å². The van der Waals surface area contributed by atoms with Gasteiger partial charge in [-0.25, -0.2) is 9.78 Å². The van der Waals surface area contributed by atoms with E-state index in [1.165, 1.54) is 18.4 Å². The Labute approximate surface area is 92.9 Å². The highest BCUT2D eigenvalue weighted by Gasteiger charge is 2.24. The molecule has 1 aliphatic rings. The van der Waals surface area contributed by atoms with Gasteiger partial charge >= 0.3 is 5.97 Å². The van der Waals surface area contributed by atoms with Crippen molar-refractivity contribution in [2.75, 3.05) is 27.2 Å². The standard InChI is InChI=1S/C10H14N2O2S/c1-12-4-3-7(5-12)8-6-15-9(11-8)10(13)14-2/h6-7H,3-5H2,1-2H3. The second-order valence-corrected chi connectivity index (χ2v) is 4.68. The monoisotopic (exact) mass is 226 g/mol. The Balaban J connectivity index is 2.10. The van der Waals surface area contributed by atoms with E-state index in [9.17, 15) is 4.79 Å². The smallest absolute Gasteiger partial charge is 0.367 e. The number of aromatic nitrogens is 1. The van der Waals surface area contributed by atoms with Crippen molar-refractivity contribution in [3.8, 4) is 0 Å². The minimum absolute atomic E-state index is 0.336. The minimum Gasteiger partial charge on any atom is -0.464 e. The third-order valence-corrected chi connectivity index (χ3v) is 3.53. The SMILES string of the molecule is COC(=O)c1nc(C2CCN(C)C2)cs1. The van der Waals surface area contributed by atoms with Gasteiger partial charge in [0.2, 0.25) is 5.01 Å². The lowest BCUT2D eigenvalue weighted by Gasteiger charge is -2.06. The fourth-order valence-corrected chi connectivity index (χ4v) is 2.65. The van der Waals surface area contributed by atoms with Crippen LogP contribution in [0.15, 0.2) is 5.38 Å². The van der Waals surface area contributed by atoms with Crippen LogP contribution in [0.5, 0.6) is 0 Å². The van der Waals surface area contributed by atoms with Gasteiger partial charge in [0, 0.05) is 17.8 Å². The van der Waals surface area contributed by atoms with E-state index in [1.807, 2.05) is 5.38 Å². The highest BCUT2D eigenvalue weighted by Crippen LogP contribution is 2.27. The Morgan fingerprint density at radius 2 is 2.53 bits per heavy atom. The van der Waals surface area contributed by atoms with E-state index in [1.54, 1.807) is 0 Å². The number of likely N-dealkylation sites (N-methyl/N-ethyl adjacent to an activating group) is 1. The molecule has 1 aromatic heterocycles. The summed E-state index contributed by atoms with van der Waals surface area (Å²) in [6, 6.07) is 0. The second-order valence-electron chi connectivity index (χ2n) is 3.82. The molecule has 2 heterocycles. The Hall–Kier alpha value is -0.940. The van der Waals surface area contributed by atoms with Crippen LogP contribution in [-0.4, -0.2) is 43.1 Å². The number of hydrogen-bond donors (Lipinski definition) is 0. The summed E-state index contributed by atoms with van der Waals surface area (Å²) >= 11 is 1.37. The van der Waals surface area contributed by atoms with Crippen LogP contribution in [0.2, 0.25) is 0 Å². The number of esters is 1. The molecule has 15 heavy (non-hydrogen) atoms. The summed E-state index contributed by atoms with van der Waals surface area (Å²) in [4.78, 5) is 17.8. The van der Waals surface area contributed by atoms with Gasteiger partial charge in [-0.1, -0.05) is 0 Å². The summed E-state index contributed by atoms with van der Waals surface area (Å²) in [6.07, 6.45) is 1.13. The molecule has 0 radical (unpaired) electrons. The molecule has 0 amide bonds. The summed E-state index contributed by atoms with van der Waals surface area (Å²) < 4.78 is 4.63. The van der Waals surface area contributed by atoms with Gasteiger partial charge in [0.05, 0.1) is 12.8 Å². The molecule has 0 aliphatic carbocycles. The Kier molecular flexibility index (Phi) is 3.02. The summed E-state index contributed by atoms with van der Waals surface area (Å²) in [5.74, 6) is 0.141. The maximum Gasteiger partial charge on any atom is 0.367 e. The molecular formula is C10H14N2O2S. The molecule has 0 spiro atoms. The highest BCUT2D eigenvalue weighted by molar-refractivity contribution is 7.11. The van der Waals surface area contributed by atoms with Crippen LogP contribution < -0.4 is 0 Å². The fourth-order valence-electron chi connectivity index (χ4n) is 1.83. The molecule has 1 aliphatic heterocycles. The van der Waals surface area contributed by atoms with Crippen LogP contribution >= 0.6 is 11.3 Å². The molecule has 1 unspecified atom stereocenters. The molecule has 0 N–H and O–H groups in total. The Morgan fingerprint density at radius 3 is 3.13 bits per heavy atom. The first-order chi connectivity index (χ1) is 7.20. The van der Waals surface area contributed by atoms with Crippen molar-refractivity contribution in [1.29, 1.82) is 0 Å². The molecular weight excluding hydrogens is 212 g/mol. The number of ether oxygens (including phenoxy) is 1. The van der Waals surface area contributed by atoms with Crippen LogP contribution in [0.1, 0.15) is 27.8 Å². The van der Waals surface area contributed by atoms with Gasteiger partial charge in [0.25, 0.3) is 0 Å². The number of methoxy groups -OCH3 is 1. The summed E-state index contributed by atoms with van der Waals surface area (Å²) in [7, 11) is 3.49. The molecule has 4 nitrogen and oxygen atoms in total. The van der Waals surface area contributed by atoms with Crippen molar-refractivity contribution in [2.24, 2.45) is 0 Å². The zero-order chi connectivity index (χ0) is 10.8. The molecule has 82 valence electrons. The molecule has 0 bridgehead atoms. The maximum atomic E-state index is 11.2. The summed E-state index contributed by atoms with van der Waals surface area (Å²) in [5, 5.41) is 2.43. The van der Waals surface area contributed by atoms with Crippen molar-refractivity contribution in [2.45, 2.75) is 12.3 Å². The predicted molar refractivity (Wildman–Crippen MR) is 58.3 cm³/mol. The first kappa shape index (κ1) is 10.6. The van der Waals surface area contributed by atoms with Gasteiger partial charge in [-0.15, -0.1) is 11.3 Å². The van der Waals surface area contributed by atoms with Crippen LogP contribution in [0, 0.1) is 0 Å². The number of carbonyl (C=O) groups excluding carboxylic acids is 1. The molecule has 1 atom stereocenters. The van der Waals surface area contributed by atoms with Crippen LogP contribution in [0.4, 0.5) is 0 Å². The zero-order valence-corrected chi connectivity index (χ0v) is 9.71. The van der Waals surface area contributed by atoms with Crippen LogP contribution in [0.3, 0.4) is 0 Å². The quantitative estimate of drug-likeness (QED) is 0.714. The molecule has 1 aromatic rings. The van der Waals surface area contributed by atoms with Crippen molar-refractivity contribution in [3.63, 3.8) is 0 Å². The summed E-state index contributed by atoms with van der Waals surface area (Å²) in [6.45, 7) is 2.14. The van der Waals surface area contributed by atoms with E-state index in [0.29, 0.717) is 10.9 Å². The fraction of sp³-hybridized carbons (Fsp3) is 0.600. The van der Waals surface area contributed by atoms with Gasteiger partial charge in [-0.2, -0.15) is 0 Å². The van der Waals surface area contributed by atoms with E-state index in [4.69, 9.17) is 0 Å². The predicted octanol–water partition coefficient (Wildman–Crippen LogP) is 1.35. The van der Waals surface area contributed by atoms with Gasteiger partial charge in [-0.3, -0.25) is 0 Å². The number of nitrogens with zero attached hydrogens (tertiary/aromatic N) is 2. The van der Waals surface area contributed by atoms with E-state index >= 15 is 0 Å². The van der Waals surface area contributed by atoms with Gasteiger partial charge in [0.1, 0.15) is 0 Å². The Morgan fingerprint density at radius 1 is 1.73 bits per heavy atom. The zero-order valence-electron chi connectivity index (χ0n) is 8.90. The van der Waals surface area contributed by atoms with E-state index < -0.39 is 0 Å². The number of carbonyl (C=O) groups is 1. The normalized spacial score (nSPS) is 21.9. The van der Waals surface area contributed by atoms with Gasteiger partial charge in [-0.05, 0) is 20.0 Å². The third-order valence-electron chi connectivity index (χ3n) is 2.69. The van der Waals surface area contributed by atoms with Crippen molar-refractivity contribution in [1.82, 2.24) is 9.88 Å². The molecule has 2 rings (SSSR count). The number of hydrogen-bond acceptors (Lipinski definition) is 5. The Bertz CT molecular complexity index is 364. The lowest BCUT2D eigenvalue weighted by Crippen LogP contribution is -2.13. The number of likely N-dealkylation sites (tertiary alicyclic amines) is 1. The average Bonchev–Trinajstić information content (AvgIpc) is 2.84. The number of rotatable bonds is 2. The first-order valence-corrected chi connectivity index (χ1v) is 5.81. The third kappa shape index (κ3) is 2.18. The lowest BCUT2D eigenvalue weighted by molar-refractivity contribution is 0.0600. The summed E-state index contributed by atoms with van der Waals surface area (Å²) in [5.41, 5.74) is 1.03. The van der Waals surface area contributed by atoms with Gasteiger partial charge in [0.15, 0.2) is 0 Å². The average molecular weight is 226 g/mol. The number of thiazole rings is 1. The van der Waals surface area contributed by atoms with E-state index in [2.05, 4.69) is 21.7 Å². The maximum absolute atomic E-state index is 11.2. The highest BCUT2D eigenvalue weighted by atomic mass is 32.1. The van der Waals surface area contributed by atoms with Crippen LogP contribution in [-0.2, 0) is 4.74 Å². The van der Waals surface area contributed by atoms with Crippen molar-refractivity contribution < 1.29 is 9.53 Å². The molecule has 0 aromatic carbocycles. The first-order valence-electron chi connectivity index (χ1n) is 4.93. The molecule has 0 saturated carbocycles. The second kappa shape index (κ2) is 4.28. The van der Waals surface area contributed by atoms with Crippen LogP contribution in [0.25, 0.3) is 0 Å². The van der Waals surface area contributed by atoms with Crippen molar-refractivity contribution >= 4 is 17.3 Å². The molecule has 1 fully saturated rings. The van der Waals surface area contributed by atoms with E-state index in [0.717, 1.165) is 25.2 Å². The molecule has 1 saturated heterocycles. The van der Waals surface area contributed by atoms with E-state index in [-0.39, 0.29) is 5.97 Å². The lowest BCUT2D eigenvalue weighted by atomic mass is 10.1.